The van der Waals surface area contributed by atoms with E-state index in [1.54, 1.807) is 25.1 Å². The summed E-state index contributed by atoms with van der Waals surface area (Å²) < 4.78 is 4.93. The van der Waals surface area contributed by atoms with Crippen LogP contribution in [0.2, 0.25) is 0 Å². The minimum atomic E-state index is -0.320. The molecule has 3 heteroatoms. The van der Waals surface area contributed by atoms with Gasteiger partial charge >= 0.3 is 5.97 Å². The fraction of sp³-hybridized carbons (Fsp3) is 0.125. The van der Waals surface area contributed by atoms with Gasteiger partial charge in [0, 0.05) is 0 Å². The van der Waals surface area contributed by atoms with Gasteiger partial charge in [0.25, 0.3) is 0 Å². The quantitative estimate of drug-likeness (QED) is 0.785. The first-order valence-electron chi connectivity index (χ1n) is 6.02. The van der Waals surface area contributed by atoms with Gasteiger partial charge in [-0.2, -0.15) is 5.26 Å². The lowest BCUT2D eigenvalue weighted by Crippen LogP contribution is -2.03. The zero-order valence-corrected chi connectivity index (χ0v) is 10.6. The van der Waals surface area contributed by atoms with E-state index in [0.29, 0.717) is 17.7 Å². The van der Waals surface area contributed by atoms with Crippen LogP contribution in [0.1, 0.15) is 22.8 Å². The van der Waals surface area contributed by atoms with Crippen molar-refractivity contribution >= 4 is 5.97 Å². The summed E-state index contributed by atoms with van der Waals surface area (Å²) in [6.45, 7) is 2.14. The van der Waals surface area contributed by atoms with Gasteiger partial charge in [0.05, 0.1) is 23.8 Å². The monoisotopic (exact) mass is 251 g/mol. The van der Waals surface area contributed by atoms with Gasteiger partial charge in [0.15, 0.2) is 0 Å². The highest BCUT2D eigenvalue weighted by Gasteiger charge is 2.06. The summed E-state index contributed by atoms with van der Waals surface area (Å²) in [5.74, 6) is -0.320. The number of hydrogen-bond donors (Lipinski definition) is 0. The molecule has 0 amide bonds. The van der Waals surface area contributed by atoms with Crippen molar-refractivity contribution in [1.82, 2.24) is 0 Å². The standard InChI is InChI=1S/C16H13NO2/c1-2-19-16(18)14-8-6-13(7-9-14)15-5-3-4-12(10-15)11-17/h3-10H,2H2,1H3. The van der Waals surface area contributed by atoms with E-state index >= 15 is 0 Å². The second-order valence-electron chi connectivity index (χ2n) is 3.99. The summed E-state index contributed by atoms with van der Waals surface area (Å²) in [6.07, 6.45) is 0. The second-order valence-corrected chi connectivity index (χ2v) is 3.99. The van der Waals surface area contributed by atoms with E-state index in [9.17, 15) is 4.79 Å². The molecule has 0 aliphatic heterocycles. The van der Waals surface area contributed by atoms with Crippen LogP contribution in [0, 0.1) is 11.3 Å². The highest BCUT2D eigenvalue weighted by atomic mass is 16.5. The number of carbonyl (C=O) groups is 1. The van der Waals surface area contributed by atoms with Gasteiger partial charge < -0.3 is 4.74 Å². The molecule has 19 heavy (non-hydrogen) atoms. The molecule has 94 valence electrons. The first-order chi connectivity index (χ1) is 9.24. The number of ether oxygens (including phenoxy) is 1. The fourth-order valence-corrected chi connectivity index (χ4v) is 1.78. The lowest BCUT2D eigenvalue weighted by atomic mass is 10.0. The van der Waals surface area contributed by atoms with Crippen molar-refractivity contribution in [2.24, 2.45) is 0 Å². The van der Waals surface area contributed by atoms with Crippen molar-refractivity contribution in [3.05, 3.63) is 59.7 Å². The van der Waals surface area contributed by atoms with E-state index in [1.165, 1.54) is 0 Å². The van der Waals surface area contributed by atoms with Crippen LogP contribution >= 0.6 is 0 Å². The molecule has 0 aliphatic carbocycles. The molecule has 0 heterocycles. The highest BCUT2D eigenvalue weighted by molar-refractivity contribution is 5.90. The van der Waals surface area contributed by atoms with Gasteiger partial charge in [0.2, 0.25) is 0 Å². The second kappa shape index (κ2) is 5.83. The third-order valence-corrected chi connectivity index (χ3v) is 2.72. The SMILES string of the molecule is CCOC(=O)c1ccc(-c2cccc(C#N)c2)cc1. The largest absolute Gasteiger partial charge is 0.462 e. The predicted octanol–water partition coefficient (Wildman–Crippen LogP) is 3.40. The zero-order chi connectivity index (χ0) is 13.7. The zero-order valence-electron chi connectivity index (χ0n) is 10.6. The number of nitrogens with zero attached hydrogens (tertiary/aromatic N) is 1. The maximum atomic E-state index is 11.5. The van der Waals surface area contributed by atoms with Crippen LogP contribution in [0.15, 0.2) is 48.5 Å². The molecule has 0 bridgehead atoms. The van der Waals surface area contributed by atoms with Crippen LogP contribution in [0.4, 0.5) is 0 Å². The molecular weight excluding hydrogens is 238 g/mol. The van der Waals surface area contributed by atoms with Crippen LogP contribution < -0.4 is 0 Å². The molecular formula is C16H13NO2. The Kier molecular flexibility index (Phi) is 3.94. The van der Waals surface area contributed by atoms with E-state index in [2.05, 4.69) is 6.07 Å². The average Bonchev–Trinajstić information content (AvgIpc) is 2.48. The van der Waals surface area contributed by atoms with E-state index in [1.807, 2.05) is 30.3 Å². The molecule has 2 rings (SSSR count). The van der Waals surface area contributed by atoms with Crippen molar-refractivity contribution < 1.29 is 9.53 Å². The van der Waals surface area contributed by atoms with Crippen molar-refractivity contribution in [3.8, 4) is 17.2 Å². The smallest absolute Gasteiger partial charge is 0.338 e. The predicted molar refractivity (Wildman–Crippen MR) is 72.5 cm³/mol. The Bertz CT molecular complexity index is 624. The molecule has 2 aromatic carbocycles. The summed E-state index contributed by atoms with van der Waals surface area (Å²) >= 11 is 0. The third-order valence-electron chi connectivity index (χ3n) is 2.72. The molecule has 0 saturated carbocycles. The Labute approximate surface area is 112 Å². The Morgan fingerprint density at radius 1 is 1.16 bits per heavy atom. The molecule has 0 radical (unpaired) electrons. The lowest BCUT2D eigenvalue weighted by Gasteiger charge is -2.04. The first kappa shape index (κ1) is 12.8. The van der Waals surface area contributed by atoms with Gasteiger partial charge in [-0.15, -0.1) is 0 Å². The van der Waals surface area contributed by atoms with E-state index in [-0.39, 0.29) is 5.97 Å². The molecule has 0 fully saturated rings. The number of hydrogen-bond acceptors (Lipinski definition) is 3. The fourth-order valence-electron chi connectivity index (χ4n) is 1.78. The van der Waals surface area contributed by atoms with Crippen LogP contribution in [0.25, 0.3) is 11.1 Å². The van der Waals surface area contributed by atoms with Crippen LogP contribution in [0.3, 0.4) is 0 Å². The topological polar surface area (TPSA) is 50.1 Å². The van der Waals surface area contributed by atoms with Gasteiger partial charge in [0.1, 0.15) is 0 Å². The lowest BCUT2D eigenvalue weighted by molar-refractivity contribution is 0.0526. The van der Waals surface area contributed by atoms with E-state index < -0.39 is 0 Å². The van der Waals surface area contributed by atoms with Gasteiger partial charge in [-0.25, -0.2) is 4.79 Å². The summed E-state index contributed by atoms with van der Waals surface area (Å²) in [5.41, 5.74) is 3.06. The molecule has 0 aliphatic rings. The Balaban J connectivity index is 2.27. The minimum Gasteiger partial charge on any atom is -0.462 e. The average molecular weight is 251 g/mol. The number of rotatable bonds is 3. The molecule has 0 spiro atoms. The van der Waals surface area contributed by atoms with Crippen LogP contribution in [-0.2, 0) is 4.74 Å². The maximum Gasteiger partial charge on any atom is 0.338 e. The first-order valence-corrected chi connectivity index (χ1v) is 6.02. The molecule has 2 aromatic rings. The van der Waals surface area contributed by atoms with Gasteiger partial charge in [-0.1, -0.05) is 24.3 Å². The number of benzene rings is 2. The summed E-state index contributed by atoms with van der Waals surface area (Å²) in [4.78, 5) is 11.5. The molecule has 0 saturated heterocycles. The maximum absolute atomic E-state index is 11.5. The number of nitriles is 1. The molecule has 3 nitrogen and oxygen atoms in total. The minimum absolute atomic E-state index is 0.320. The summed E-state index contributed by atoms with van der Waals surface area (Å²) in [6, 6.07) is 16.6. The molecule has 0 aromatic heterocycles. The van der Waals surface area contributed by atoms with Crippen molar-refractivity contribution in [2.45, 2.75) is 6.92 Å². The summed E-state index contributed by atoms with van der Waals surface area (Å²) in [5, 5.41) is 8.87. The molecule has 0 atom stereocenters. The number of carbonyl (C=O) groups excluding carboxylic acids is 1. The summed E-state index contributed by atoms with van der Waals surface area (Å²) in [7, 11) is 0. The third kappa shape index (κ3) is 2.99. The van der Waals surface area contributed by atoms with Crippen LogP contribution in [-0.4, -0.2) is 12.6 Å². The Morgan fingerprint density at radius 2 is 1.89 bits per heavy atom. The Morgan fingerprint density at radius 3 is 2.53 bits per heavy atom. The molecule has 0 unspecified atom stereocenters. The van der Waals surface area contributed by atoms with Crippen molar-refractivity contribution in [1.29, 1.82) is 5.26 Å². The van der Waals surface area contributed by atoms with Gasteiger partial charge in [-0.05, 0) is 42.3 Å². The number of esters is 1. The van der Waals surface area contributed by atoms with Gasteiger partial charge in [-0.3, -0.25) is 0 Å². The molecule has 0 N–H and O–H groups in total. The van der Waals surface area contributed by atoms with E-state index in [4.69, 9.17) is 10.00 Å². The van der Waals surface area contributed by atoms with Crippen molar-refractivity contribution in [3.63, 3.8) is 0 Å². The normalized spacial score (nSPS) is 9.68. The van der Waals surface area contributed by atoms with Crippen molar-refractivity contribution in [2.75, 3.05) is 6.61 Å². The van der Waals surface area contributed by atoms with E-state index in [0.717, 1.165) is 11.1 Å². The highest BCUT2D eigenvalue weighted by Crippen LogP contribution is 2.21. The van der Waals surface area contributed by atoms with Crippen LogP contribution in [0.5, 0.6) is 0 Å². The Hall–Kier alpha value is -2.60.